The molecule has 0 amide bonds. The number of aliphatic hydroxyl groups is 1. The van der Waals surface area contributed by atoms with Crippen LogP contribution in [0.15, 0.2) is 40.4 Å². The molecule has 0 bridgehead atoms. The van der Waals surface area contributed by atoms with Crippen LogP contribution in [0, 0.1) is 0 Å². The highest BCUT2D eigenvalue weighted by atomic mass is 32.2. The summed E-state index contributed by atoms with van der Waals surface area (Å²) in [6.45, 7) is 4.81. The van der Waals surface area contributed by atoms with Gasteiger partial charge in [0, 0.05) is 47.4 Å². The summed E-state index contributed by atoms with van der Waals surface area (Å²) in [5.41, 5.74) is 4.32. The zero-order valence-electron chi connectivity index (χ0n) is 15.5. The monoisotopic (exact) mass is 384 g/mol. The minimum atomic E-state index is -0.505. The second-order valence-corrected chi connectivity index (χ2v) is 7.53. The Morgan fingerprint density at radius 2 is 2.11 bits per heavy atom. The van der Waals surface area contributed by atoms with Crippen molar-refractivity contribution < 1.29 is 5.11 Å². The maximum atomic E-state index is 9.35. The van der Waals surface area contributed by atoms with E-state index in [0.717, 1.165) is 47.1 Å². The van der Waals surface area contributed by atoms with Crippen LogP contribution in [0.3, 0.4) is 0 Å². The van der Waals surface area contributed by atoms with Crippen molar-refractivity contribution in [3.05, 3.63) is 30.5 Å². The zero-order valence-corrected chi connectivity index (χ0v) is 16.3. The van der Waals surface area contributed by atoms with Gasteiger partial charge >= 0.3 is 0 Å². The molecule has 142 valence electrons. The predicted molar refractivity (Wildman–Crippen MR) is 109 cm³/mol. The molecule has 0 fully saturated rings. The van der Waals surface area contributed by atoms with Crippen molar-refractivity contribution in [2.45, 2.75) is 29.6 Å². The van der Waals surface area contributed by atoms with E-state index in [2.05, 4.69) is 43.8 Å². The van der Waals surface area contributed by atoms with Crippen LogP contribution >= 0.6 is 11.8 Å². The molecule has 0 aliphatic carbocycles. The van der Waals surface area contributed by atoms with Crippen molar-refractivity contribution in [1.29, 1.82) is 0 Å². The molecule has 1 aliphatic heterocycles. The number of benzene rings is 1. The Hall–Kier alpha value is -2.13. The van der Waals surface area contributed by atoms with Gasteiger partial charge in [0.05, 0.1) is 12.1 Å². The smallest absolute Gasteiger partial charge is 0.110 e. The Bertz CT molecular complexity index is 955. The summed E-state index contributed by atoms with van der Waals surface area (Å²) in [5, 5.41) is 26.1. The largest absolute Gasteiger partial charge is 0.383 e. The van der Waals surface area contributed by atoms with Gasteiger partial charge in [-0.05, 0) is 38.2 Å². The van der Waals surface area contributed by atoms with Crippen molar-refractivity contribution >= 4 is 28.4 Å². The van der Waals surface area contributed by atoms with E-state index in [0.29, 0.717) is 6.54 Å². The molecule has 0 saturated carbocycles. The van der Waals surface area contributed by atoms with E-state index in [4.69, 9.17) is 5.10 Å². The van der Waals surface area contributed by atoms with E-state index in [-0.39, 0.29) is 0 Å². The molecule has 1 aromatic carbocycles. The number of hydrogen-bond acceptors (Lipinski definition) is 7. The first-order valence-corrected chi connectivity index (χ1v) is 9.97. The molecule has 3 aromatic rings. The molecule has 1 aliphatic rings. The molecule has 4 rings (SSSR count). The molecule has 7 nitrogen and oxygen atoms in total. The number of fused-ring (bicyclic) bond motifs is 2. The minimum absolute atomic E-state index is 0.505. The highest BCUT2D eigenvalue weighted by molar-refractivity contribution is 7.99. The van der Waals surface area contributed by atoms with Gasteiger partial charge in [-0.2, -0.15) is 5.10 Å². The maximum Gasteiger partial charge on any atom is 0.110 e. The summed E-state index contributed by atoms with van der Waals surface area (Å²) < 4.78 is 2.08. The van der Waals surface area contributed by atoms with Crippen LogP contribution in [0.2, 0.25) is 0 Å². The van der Waals surface area contributed by atoms with Crippen LogP contribution in [0.1, 0.15) is 6.92 Å². The molecule has 27 heavy (non-hydrogen) atoms. The Morgan fingerprint density at radius 1 is 1.22 bits per heavy atom. The first-order chi connectivity index (χ1) is 13.2. The zero-order chi connectivity index (χ0) is 18.8. The first-order valence-electron chi connectivity index (χ1n) is 9.15. The average Bonchev–Trinajstić information content (AvgIpc) is 3.05. The lowest BCUT2D eigenvalue weighted by Crippen LogP contribution is -2.30. The lowest BCUT2D eigenvalue weighted by Gasteiger charge is -2.18. The van der Waals surface area contributed by atoms with Gasteiger partial charge in [-0.15, -0.1) is 0 Å². The third kappa shape index (κ3) is 3.53. The standard InChI is InChI=1S/C19H24N6OS/c1-12(26)21-8-9-22-14-5-6-15-16-17(24-25(15)11-10-20-2)13-4-3-7-23-19(13)27-18(14)16/h3-7,12,20-22,26H,8-11H2,1-2H3. The molecule has 1 unspecified atom stereocenters. The maximum absolute atomic E-state index is 9.35. The van der Waals surface area contributed by atoms with Gasteiger partial charge < -0.3 is 15.7 Å². The molecule has 4 N–H and O–H groups in total. The molecule has 0 spiro atoms. The van der Waals surface area contributed by atoms with Gasteiger partial charge in [-0.1, -0.05) is 11.8 Å². The van der Waals surface area contributed by atoms with Crippen molar-refractivity contribution in [3.8, 4) is 11.3 Å². The Labute approximate surface area is 162 Å². The summed E-state index contributed by atoms with van der Waals surface area (Å²) in [6.07, 6.45) is 1.32. The normalized spacial score (nSPS) is 13.6. The number of aliphatic hydroxyl groups excluding tert-OH is 1. The molecule has 0 radical (unpaired) electrons. The van der Waals surface area contributed by atoms with Crippen LogP contribution in [-0.2, 0) is 6.54 Å². The second-order valence-electron chi connectivity index (χ2n) is 6.53. The summed E-state index contributed by atoms with van der Waals surface area (Å²) in [7, 11) is 1.95. The Kier molecular flexibility index (Phi) is 5.31. The number of aromatic nitrogens is 3. The Morgan fingerprint density at radius 3 is 2.93 bits per heavy atom. The predicted octanol–water partition coefficient (Wildman–Crippen LogP) is 2.12. The van der Waals surface area contributed by atoms with E-state index in [1.165, 1.54) is 10.3 Å². The molecule has 0 saturated heterocycles. The van der Waals surface area contributed by atoms with Crippen molar-refractivity contribution in [1.82, 2.24) is 25.4 Å². The third-order valence-corrected chi connectivity index (χ3v) is 5.70. The summed E-state index contributed by atoms with van der Waals surface area (Å²) in [5.74, 6) is 0. The lowest BCUT2D eigenvalue weighted by molar-refractivity contribution is 0.159. The lowest BCUT2D eigenvalue weighted by atomic mass is 10.1. The van der Waals surface area contributed by atoms with Gasteiger partial charge in [-0.25, -0.2) is 4.98 Å². The number of rotatable bonds is 8. The summed E-state index contributed by atoms with van der Waals surface area (Å²) in [4.78, 5) is 5.73. The molecule has 8 heteroatoms. The summed E-state index contributed by atoms with van der Waals surface area (Å²) in [6, 6.07) is 8.31. The molecule has 3 heterocycles. The molecule has 1 atom stereocenters. The number of nitrogens with one attached hydrogen (secondary N) is 3. The van der Waals surface area contributed by atoms with Gasteiger partial charge in [-0.3, -0.25) is 10.00 Å². The highest BCUT2D eigenvalue weighted by Gasteiger charge is 2.26. The fourth-order valence-corrected chi connectivity index (χ4v) is 4.43. The van der Waals surface area contributed by atoms with Crippen molar-refractivity contribution in [3.63, 3.8) is 0 Å². The van der Waals surface area contributed by atoms with E-state index in [1.807, 2.05) is 19.3 Å². The molecular formula is C19H24N6OS. The van der Waals surface area contributed by atoms with Crippen LogP contribution in [-0.4, -0.2) is 52.8 Å². The highest BCUT2D eigenvalue weighted by Crippen LogP contribution is 2.49. The quantitative estimate of drug-likeness (QED) is 0.273. The summed E-state index contributed by atoms with van der Waals surface area (Å²) >= 11 is 1.69. The first kappa shape index (κ1) is 18.2. The van der Waals surface area contributed by atoms with Crippen LogP contribution in [0.4, 0.5) is 5.69 Å². The number of likely N-dealkylation sites (N-methyl/N-ethyl adjacent to an activating group) is 1. The van der Waals surface area contributed by atoms with E-state index < -0.39 is 6.23 Å². The Balaban J connectivity index is 1.74. The van der Waals surface area contributed by atoms with Crippen LogP contribution in [0.5, 0.6) is 0 Å². The number of pyridine rings is 1. The van der Waals surface area contributed by atoms with Gasteiger partial charge in [0.1, 0.15) is 16.9 Å². The number of hydrogen-bond donors (Lipinski definition) is 4. The van der Waals surface area contributed by atoms with Crippen LogP contribution in [0.25, 0.3) is 22.2 Å². The SMILES string of the molecule is CNCCn1nc2c3c(c(NCCNC(C)O)ccc31)Sc1ncccc1-2. The van der Waals surface area contributed by atoms with E-state index >= 15 is 0 Å². The molecular weight excluding hydrogens is 360 g/mol. The minimum Gasteiger partial charge on any atom is -0.383 e. The van der Waals surface area contributed by atoms with Gasteiger partial charge in [0.15, 0.2) is 0 Å². The van der Waals surface area contributed by atoms with Crippen molar-refractivity contribution in [2.24, 2.45) is 0 Å². The fourth-order valence-electron chi connectivity index (χ4n) is 3.29. The van der Waals surface area contributed by atoms with Gasteiger partial charge in [0.2, 0.25) is 0 Å². The third-order valence-electron chi connectivity index (χ3n) is 4.55. The van der Waals surface area contributed by atoms with E-state index in [9.17, 15) is 5.11 Å². The van der Waals surface area contributed by atoms with Crippen molar-refractivity contribution in [2.75, 3.05) is 32.0 Å². The van der Waals surface area contributed by atoms with E-state index in [1.54, 1.807) is 18.7 Å². The number of nitrogens with zero attached hydrogens (tertiary/aromatic N) is 3. The van der Waals surface area contributed by atoms with Crippen LogP contribution < -0.4 is 16.0 Å². The van der Waals surface area contributed by atoms with Gasteiger partial charge in [0.25, 0.3) is 0 Å². The fraction of sp³-hybridized carbons (Fsp3) is 0.368. The number of anilines is 1. The second kappa shape index (κ2) is 7.85. The average molecular weight is 385 g/mol. The molecule has 2 aromatic heterocycles. The topological polar surface area (TPSA) is 87.0 Å².